The molecule has 2 aliphatic heterocycles. The standard InChI is InChI=1S/C13H24N2O/c1-16-9-13(10-2-3-10)15-7-6-11-4-5-12(8-15)14-11/h10-14H,2-9H2,1H3. The smallest absolute Gasteiger partial charge is 0.0620 e. The quantitative estimate of drug-likeness (QED) is 0.777. The average molecular weight is 224 g/mol. The van der Waals surface area contributed by atoms with Crippen LogP contribution < -0.4 is 5.32 Å². The Morgan fingerprint density at radius 2 is 2.00 bits per heavy atom. The van der Waals surface area contributed by atoms with Crippen molar-refractivity contribution in [3.05, 3.63) is 0 Å². The van der Waals surface area contributed by atoms with Crippen LogP contribution in [0.2, 0.25) is 0 Å². The van der Waals surface area contributed by atoms with Crippen molar-refractivity contribution in [2.24, 2.45) is 5.92 Å². The van der Waals surface area contributed by atoms with Crippen LogP contribution in [0.3, 0.4) is 0 Å². The first-order valence-electron chi connectivity index (χ1n) is 6.86. The van der Waals surface area contributed by atoms with E-state index in [1.807, 2.05) is 7.11 Å². The van der Waals surface area contributed by atoms with Gasteiger partial charge in [-0.3, -0.25) is 4.90 Å². The SMILES string of the molecule is COCC(C1CC1)N1CCC2CCC(C1)N2. The van der Waals surface area contributed by atoms with Crippen molar-refractivity contribution in [3.8, 4) is 0 Å². The number of rotatable bonds is 4. The number of nitrogens with zero attached hydrogens (tertiary/aromatic N) is 1. The molecule has 92 valence electrons. The first-order chi connectivity index (χ1) is 7.86. The molecule has 2 saturated heterocycles. The van der Waals surface area contributed by atoms with Crippen LogP contribution in [-0.2, 0) is 4.74 Å². The number of hydrogen-bond donors (Lipinski definition) is 1. The van der Waals surface area contributed by atoms with E-state index in [-0.39, 0.29) is 0 Å². The van der Waals surface area contributed by atoms with E-state index in [0.29, 0.717) is 6.04 Å². The van der Waals surface area contributed by atoms with Crippen LogP contribution >= 0.6 is 0 Å². The Morgan fingerprint density at radius 1 is 1.19 bits per heavy atom. The summed E-state index contributed by atoms with van der Waals surface area (Å²) in [5.41, 5.74) is 0. The number of methoxy groups -OCH3 is 1. The number of ether oxygens (including phenoxy) is 1. The molecule has 0 amide bonds. The minimum Gasteiger partial charge on any atom is -0.383 e. The summed E-state index contributed by atoms with van der Waals surface area (Å²) in [5, 5.41) is 3.76. The molecule has 3 heteroatoms. The molecule has 2 heterocycles. The maximum atomic E-state index is 5.42. The Kier molecular flexibility index (Phi) is 3.18. The Morgan fingerprint density at radius 3 is 2.75 bits per heavy atom. The molecule has 1 aliphatic carbocycles. The molecule has 1 N–H and O–H groups in total. The van der Waals surface area contributed by atoms with Gasteiger partial charge in [0.15, 0.2) is 0 Å². The molecule has 0 spiro atoms. The van der Waals surface area contributed by atoms with Gasteiger partial charge < -0.3 is 10.1 Å². The second-order valence-corrected chi connectivity index (χ2v) is 5.78. The van der Waals surface area contributed by atoms with Crippen LogP contribution in [-0.4, -0.2) is 49.8 Å². The highest BCUT2D eigenvalue weighted by Gasteiger charge is 2.38. The molecule has 3 nitrogen and oxygen atoms in total. The lowest BCUT2D eigenvalue weighted by molar-refractivity contribution is 0.0744. The summed E-state index contributed by atoms with van der Waals surface area (Å²) in [5.74, 6) is 0.927. The molecule has 1 saturated carbocycles. The van der Waals surface area contributed by atoms with E-state index < -0.39 is 0 Å². The average Bonchev–Trinajstić information content (AvgIpc) is 3.02. The van der Waals surface area contributed by atoms with Crippen molar-refractivity contribution in [2.75, 3.05) is 26.8 Å². The van der Waals surface area contributed by atoms with Gasteiger partial charge in [-0.2, -0.15) is 0 Å². The molecule has 0 radical (unpaired) electrons. The zero-order valence-corrected chi connectivity index (χ0v) is 10.3. The Bertz CT molecular complexity index is 242. The van der Waals surface area contributed by atoms with Crippen LogP contribution in [0.25, 0.3) is 0 Å². The molecule has 0 aromatic carbocycles. The highest BCUT2D eigenvalue weighted by Crippen LogP contribution is 2.36. The van der Waals surface area contributed by atoms with E-state index in [0.717, 1.165) is 24.6 Å². The minimum absolute atomic E-state index is 0.700. The molecular formula is C13H24N2O. The van der Waals surface area contributed by atoms with Gasteiger partial charge in [0.1, 0.15) is 0 Å². The summed E-state index contributed by atoms with van der Waals surface area (Å²) in [7, 11) is 1.84. The molecular weight excluding hydrogens is 200 g/mol. The third-order valence-corrected chi connectivity index (χ3v) is 4.53. The third-order valence-electron chi connectivity index (χ3n) is 4.53. The second kappa shape index (κ2) is 4.63. The fourth-order valence-corrected chi connectivity index (χ4v) is 3.46. The van der Waals surface area contributed by atoms with Crippen molar-refractivity contribution >= 4 is 0 Å². The number of likely N-dealkylation sites (tertiary alicyclic amines) is 1. The molecule has 3 fully saturated rings. The maximum absolute atomic E-state index is 5.42. The summed E-state index contributed by atoms with van der Waals surface area (Å²) >= 11 is 0. The van der Waals surface area contributed by atoms with Crippen LogP contribution in [0.1, 0.15) is 32.1 Å². The van der Waals surface area contributed by atoms with Crippen LogP contribution in [0.15, 0.2) is 0 Å². The predicted octanol–water partition coefficient (Wildman–Crippen LogP) is 1.24. The maximum Gasteiger partial charge on any atom is 0.0620 e. The van der Waals surface area contributed by atoms with Gasteiger partial charge in [0.05, 0.1) is 6.61 Å². The summed E-state index contributed by atoms with van der Waals surface area (Å²) in [6.45, 7) is 3.46. The highest BCUT2D eigenvalue weighted by atomic mass is 16.5. The van der Waals surface area contributed by atoms with E-state index in [4.69, 9.17) is 4.74 Å². The van der Waals surface area contributed by atoms with E-state index in [1.165, 1.54) is 45.2 Å². The van der Waals surface area contributed by atoms with E-state index in [2.05, 4.69) is 10.2 Å². The van der Waals surface area contributed by atoms with Gasteiger partial charge in [-0.25, -0.2) is 0 Å². The lowest BCUT2D eigenvalue weighted by Gasteiger charge is -2.32. The summed E-state index contributed by atoms with van der Waals surface area (Å²) in [6, 6.07) is 2.26. The summed E-state index contributed by atoms with van der Waals surface area (Å²) in [6.07, 6.45) is 6.96. The molecule has 2 bridgehead atoms. The van der Waals surface area contributed by atoms with Crippen LogP contribution in [0.4, 0.5) is 0 Å². The van der Waals surface area contributed by atoms with Gasteiger partial charge in [0.2, 0.25) is 0 Å². The fourth-order valence-electron chi connectivity index (χ4n) is 3.46. The van der Waals surface area contributed by atoms with Gasteiger partial charge >= 0.3 is 0 Å². The minimum atomic E-state index is 0.700. The largest absolute Gasteiger partial charge is 0.383 e. The molecule has 0 aromatic rings. The van der Waals surface area contributed by atoms with E-state index >= 15 is 0 Å². The Labute approximate surface area is 98.5 Å². The molecule has 3 unspecified atom stereocenters. The Balaban J connectivity index is 1.63. The fraction of sp³-hybridized carbons (Fsp3) is 1.00. The monoisotopic (exact) mass is 224 g/mol. The number of nitrogens with one attached hydrogen (secondary N) is 1. The van der Waals surface area contributed by atoms with Crippen LogP contribution in [0.5, 0.6) is 0 Å². The van der Waals surface area contributed by atoms with Crippen molar-refractivity contribution in [1.29, 1.82) is 0 Å². The molecule has 3 aliphatic rings. The highest BCUT2D eigenvalue weighted by molar-refractivity contribution is 4.95. The second-order valence-electron chi connectivity index (χ2n) is 5.78. The molecule has 0 aromatic heterocycles. The lowest BCUT2D eigenvalue weighted by Crippen LogP contribution is -2.45. The first-order valence-corrected chi connectivity index (χ1v) is 6.86. The zero-order valence-electron chi connectivity index (χ0n) is 10.3. The van der Waals surface area contributed by atoms with Crippen molar-refractivity contribution in [1.82, 2.24) is 10.2 Å². The summed E-state index contributed by atoms with van der Waals surface area (Å²) in [4.78, 5) is 2.71. The Hall–Kier alpha value is -0.120. The van der Waals surface area contributed by atoms with Crippen molar-refractivity contribution in [3.63, 3.8) is 0 Å². The molecule has 3 atom stereocenters. The number of hydrogen-bond acceptors (Lipinski definition) is 3. The van der Waals surface area contributed by atoms with Crippen LogP contribution in [0, 0.1) is 5.92 Å². The van der Waals surface area contributed by atoms with Gasteiger partial charge in [0.25, 0.3) is 0 Å². The van der Waals surface area contributed by atoms with Crippen molar-refractivity contribution < 1.29 is 4.74 Å². The van der Waals surface area contributed by atoms with E-state index in [9.17, 15) is 0 Å². The van der Waals surface area contributed by atoms with Crippen molar-refractivity contribution in [2.45, 2.75) is 50.2 Å². The lowest BCUT2D eigenvalue weighted by atomic mass is 10.1. The number of fused-ring (bicyclic) bond motifs is 2. The topological polar surface area (TPSA) is 24.5 Å². The van der Waals surface area contributed by atoms with Gasteiger partial charge in [-0.1, -0.05) is 0 Å². The normalized spacial score (nSPS) is 37.3. The van der Waals surface area contributed by atoms with Gasteiger partial charge in [0, 0.05) is 38.3 Å². The predicted molar refractivity (Wildman–Crippen MR) is 64.5 cm³/mol. The zero-order chi connectivity index (χ0) is 11.0. The van der Waals surface area contributed by atoms with Gasteiger partial charge in [-0.15, -0.1) is 0 Å². The van der Waals surface area contributed by atoms with E-state index in [1.54, 1.807) is 0 Å². The third kappa shape index (κ3) is 2.27. The van der Waals surface area contributed by atoms with Gasteiger partial charge in [-0.05, 0) is 38.0 Å². The molecule has 3 rings (SSSR count). The summed E-state index contributed by atoms with van der Waals surface area (Å²) < 4.78 is 5.42. The first kappa shape index (κ1) is 11.0. The molecule has 16 heavy (non-hydrogen) atoms.